The Hall–Kier alpha value is -1.53. The van der Waals surface area contributed by atoms with E-state index in [-0.39, 0.29) is 6.01 Å². The first kappa shape index (κ1) is 10.6. The highest BCUT2D eigenvalue weighted by Crippen LogP contribution is 2.41. The Morgan fingerprint density at radius 2 is 2.47 bits per heavy atom. The fraction of sp³-hybridized carbons (Fsp3) is 0.545. The zero-order valence-corrected chi connectivity index (χ0v) is 9.22. The van der Waals surface area contributed by atoms with Crippen molar-refractivity contribution < 1.29 is 19.0 Å². The molecule has 1 atom stereocenters. The van der Waals surface area contributed by atoms with Crippen molar-refractivity contribution in [2.75, 3.05) is 13.2 Å². The smallest absolute Gasteiger partial charge is 0.324 e. The molecule has 3 heterocycles. The van der Waals surface area contributed by atoms with Crippen LogP contribution in [-0.2, 0) is 26.5 Å². The Kier molecular flexibility index (Phi) is 2.53. The molecule has 0 bridgehead atoms. The van der Waals surface area contributed by atoms with Crippen LogP contribution in [-0.4, -0.2) is 29.7 Å². The van der Waals surface area contributed by atoms with Gasteiger partial charge in [0.25, 0.3) is 0 Å². The zero-order valence-electron chi connectivity index (χ0n) is 9.22. The molecule has 90 valence electrons. The molecular weight excluding hydrogens is 224 g/mol. The lowest BCUT2D eigenvalue weighted by Gasteiger charge is -2.32. The number of carbonyl (C=O) groups is 1. The molecule has 1 aromatic heterocycles. The first-order chi connectivity index (χ1) is 8.34. The molecule has 0 N–H and O–H groups in total. The molecule has 0 amide bonds. The van der Waals surface area contributed by atoms with E-state index < -0.39 is 5.60 Å². The lowest BCUT2D eigenvalue weighted by Crippen LogP contribution is -2.36. The third-order valence-electron chi connectivity index (χ3n) is 3.14. The maximum absolute atomic E-state index is 10.3. The number of fused-ring (bicyclic) bond motifs is 2. The highest BCUT2D eigenvalue weighted by Gasteiger charge is 2.44. The van der Waals surface area contributed by atoms with Crippen molar-refractivity contribution in [3.63, 3.8) is 0 Å². The van der Waals surface area contributed by atoms with Crippen LogP contribution in [0.5, 0.6) is 6.01 Å². The molecule has 6 nitrogen and oxygen atoms in total. The van der Waals surface area contributed by atoms with E-state index in [0.29, 0.717) is 19.7 Å². The largest absolute Gasteiger partial charge is 0.393 e. The number of rotatable bonds is 2. The van der Waals surface area contributed by atoms with Crippen LogP contribution < -0.4 is 4.74 Å². The van der Waals surface area contributed by atoms with E-state index >= 15 is 0 Å². The van der Waals surface area contributed by atoms with Crippen LogP contribution in [0.2, 0.25) is 0 Å². The Morgan fingerprint density at radius 1 is 1.53 bits per heavy atom. The van der Waals surface area contributed by atoms with Crippen molar-refractivity contribution in [1.29, 1.82) is 0 Å². The Morgan fingerprint density at radius 3 is 3.24 bits per heavy atom. The van der Waals surface area contributed by atoms with Gasteiger partial charge >= 0.3 is 12.5 Å². The van der Waals surface area contributed by atoms with Gasteiger partial charge < -0.3 is 14.2 Å². The van der Waals surface area contributed by atoms with E-state index in [1.807, 2.05) is 0 Å². The van der Waals surface area contributed by atoms with Gasteiger partial charge in [-0.1, -0.05) is 0 Å². The van der Waals surface area contributed by atoms with Gasteiger partial charge in [-0.3, -0.25) is 4.79 Å². The Balaban J connectivity index is 1.98. The van der Waals surface area contributed by atoms with Gasteiger partial charge in [0.1, 0.15) is 5.60 Å². The number of hydrogen-bond acceptors (Lipinski definition) is 6. The summed E-state index contributed by atoms with van der Waals surface area (Å²) in [4.78, 5) is 18.5. The SMILES string of the molecule is O=COc1ncc2c(n1)C1(CCCOC1)OC2. The summed E-state index contributed by atoms with van der Waals surface area (Å²) in [7, 11) is 0. The second kappa shape index (κ2) is 4.05. The molecule has 2 aliphatic rings. The predicted octanol–water partition coefficient (Wildman–Crippen LogP) is 0.548. The predicted molar refractivity (Wildman–Crippen MR) is 55.2 cm³/mol. The molecule has 1 aromatic rings. The lowest BCUT2D eigenvalue weighted by molar-refractivity contribution is -0.128. The number of carbonyl (C=O) groups excluding carboxylic acids is 1. The van der Waals surface area contributed by atoms with Crippen molar-refractivity contribution in [3.05, 3.63) is 17.5 Å². The molecule has 17 heavy (non-hydrogen) atoms. The fourth-order valence-electron chi connectivity index (χ4n) is 2.34. The normalized spacial score (nSPS) is 26.8. The van der Waals surface area contributed by atoms with Crippen LogP contribution in [0, 0.1) is 0 Å². The van der Waals surface area contributed by atoms with Crippen LogP contribution in [0.1, 0.15) is 24.1 Å². The van der Waals surface area contributed by atoms with E-state index in [4.69, 9.17) is 9.47 Å². The van der Waals surface area contributed by atoms with Crippen molar-refractivity contribution in [1.82, 2.24) is 9.97 Å². The van der Waals surface area contributed by atoms with Gasteiger partial charge in [0.15, 0.2) is 0 Å². The minimum Gasteiger partial charge on any atom is -0.393 e. The van der Waals surface area contributed by atoms with E-state index in [1.165, 1.54) is 0 Å². The summed E-state index contributed by atoms with van der Waals surface area (Å²) in [6, 6.07) is 0.0641. The lowest BCUT2D eigenvalue weighted by atomic mass is 9.92. The maximum Gasteiger partial charge on any atom is 0.324 e. The molecule has 2 aliphatic heterocycles. The van der Waals surface area contributed by atoms with Crippen LogP contribution in [0.25, 0.3) is 0 Å². The van der Waals surface area contributed by atoms with Crippen molar-refractivity contribution in [2.24, 2.45) is 0 Å². The second-order valence-electron chi connectivity index (χ2n) is 4.18. The van der Waals surface area contributed by atoms with Crippen molar-refractivity contribution in [2.45, 2.75) is 25.0 Å². The highest BCUT2D eigenvalue weighted by molar-refractivity contribution is 5.42. The summed E-state index contributed by atoms with van der Waals surface area (Å²) in [5.41, 5.74) is 1.26. The summed E-state index contributed by atoms with van der Waals surface area (Å²) >= 11 is 0. The minimum atomic E-state index is -0.475. The first-order valence-corrected chi connectivity index (χ1v) is 5.52. The van der Waals surface area contributed by atoms with Gasteiger partial charge in [-0.15, -0.1) is 0 Å². The standard InChI is InChI=1S/C11H12N2O4/c14-7-16-10-12-4-8-5-17-11(9(8)13-10)2-1-3-15-6-11/h4,7H,1-3,5-6H2. The third-order valence-corrected chi connectivity index (χ3v) is 3.14. The molecule has 0 aliphatic carbocycles. The molecule has 1 unspecified atom stereocenters. The summed E-state index contributed by atoms with van der Waals surface area (Å²) < 4.78 is 15.9. The monoisotopic (exact) mass is 236 g/mol. The topological polar surface area (TPSA) is 70.5 Å². The zero-order chi connectivity index (χ0) is 11.7. The number of hydrogen-bond donors (Lipinski definition) is 0. The van der Waals surface area contributed by atoms with E-state index in [9.17, 15) is 4.79 Å². The van der Waals surface area contributed by atoms with Crippen LogP contribution in [0.4, 0.5) is 0 Å². The molecule has 3 rings (SSSR count). The number of nitrogens with zero attached hydrogens (tertiary/aromatic N) is 2. The molecule has 0 saturated carbocycles. The fourth-order valence-corrected chi connectivity index (χ4v) is 2.34. The van der Waals surface area contributed by atoms with Gasteiger partial charge in [0.2, 0.25) is 0 Å². The minimum absolute atomic E-state index is 0.0641. The van der Waals surface area contributed by atoms with Gasteiger partial charge in [-0.05, 0) is 12.8 Å². The molecule has 1 saturated heterocycles. The van der Waals surface area contributed by atoms with Gasteiger partial charge in [-0.25, -0.2) is 4.98 Å². The van der Waals surface area contributed by atoms with Crippen LogP contribution in [0.3, 0.4) is 0 Å². The summed E-state index contributed by atoms with van der Waals surface area (Å²) in [6.45, 7) is 2.06. The van der Waals surface area contributed by atoms with Crippen molar-refractivity contribution >= 4 is 6.47 Å². The Bertz CT molecular complexity index is 438. The highest BCUT2D eigenvalue weighted by atomic mass is 16.6. The summed E-state index contributed by atoms with van der Waals surface area (Å²) in [5.74, 6) is 0. The molecular formula is C11H12N2O4. The molecule has 1 spiro atoms. The first-order valence-electron chi connectivity index (χ1n) is 5.52. The van der Waals surface area contributed by atoms with E-state index in [2.05, 4.69) is 14.7 Å². The average Bonchev–Trinajstić information content (AvgIpc) is 2.70. The number of ether oxygens (including phenoxy) is 3. The molecule has 0 aromatic carbocycles. The van der Waals surface area contributed by atoms with Crippen LogP contribution >= 0.6 is 0 Å². The Labute approximate surface area is 97.9 Å². The van der Waals surface area contributed by atoms with Gasteiger partial charge in [-0.2, -0.15) is 4.98 Å². The molecule has 6 heteroatoms. The maximum atomic E-state index is 10.3. The second-order valence-corrected chi connectivity index (χ2v) is 4.18. The van der Waals surface area contributed by atoms with Gasteiger partial charge in [0.05, 0.1) is 18.9 Å². The van der Waals surface area contributed by atoms with Crippen LogP contribution in [0.15, 0.2) is 6.20 Å². The quantitative estimate of drug-likeness (QED) is 0.698. The third kappa shape index (κ3) is 1.69. The number of aromatic nitrogens is 2. The summed E-state index contributed by atoms with van der Waals surface area (Å²) in [5, 5.41) is 0. The average molecular weight is 236 g/mol. The molecule has 0 radical (unpaired) electrons. The summed E-state index contributed by atoms with van der Waals surface area (Å²) in [6.07, 6.45) is 3.45. The molecule has 1 fully saturated rings. The van der Waals surface area contributed by atoms with E-state index in [0.717, 1.165) is 30.7 Å². The van der Waals surface area contributed by atoms with E-state index in [1.54, 1.807) is 6.20 Å². The van der Waals surface area contributed by atoms with Crippen molar-refractivity contribution in [3.8, 4) is 6.01 Å². The van der Waals surface area contributed by atoms with Gasteiger partial charge in [0, 0.05) is 18.4 Å².